The van der Waals surface area contributed by atoms with Crippen LogP contribution in [-0.4, -0.2) is 43.7 Å². The largest absolute Gasteiger partial charge is 0.494 e. The first-order chi connectivity index (χ1) is 14.5. The maximum absolute atomic E-state index is 12.4. The molecule has 2 N–H and O–H groups in total. The Bertz CT molecular complexity index is 896. The highest BCUT2D eigenvalue weighted by Gasteiger charge is 2.31. The van der Waals surface area contributed by atoms with Crippen LogP contribution in [0.4, 0.5) is 16.2 Å². The maximum atomic E-state index is 12.4. The molecular formula is C22H25N3O5. The van der Waals surface area contributed by atoms with E-state index < -0.39 is 12.0 Å². The summed E-state index contributed by atoms with van der Waals surface area (Å²) in [6.07, 6.45) is 0.225. The van der Waals surface area contributed by atoms with Crippen molar-refractivity contribution in [2.24, 2.45) is 0 Å². The molecule has 0 aliphatic carbocycles. The number of amides is 3. The van der Waals surface area contributed by atoms with E-state index in [1.165, 1.54) is 0 Å². The van der Waals surface area contributed by atoms with Crippen molar-refractivity contribution in [2.75, 3.05) is 30.0 Å². The Labute approximate surface area is 175 Å². The van der Waals surface area contributed by atoms with Gasteiger partial charge in [-0.1, -0.05) is 0 Å². The highest BCUT2D eigenvalue weighted by molar-refractivity contribution is 5.98. The number of hydrogen-bond donors (Lipinski definition) is 2. The lowest BCUT2D eigenvalue weighted by atomic mass is 10.2. The first-order valence-electron chi connectivity index (χ1n) is 9.88. The molecule has 2 aromatic rings. The molecule has 0 saturated carbocycles. The van der Waals surface area contributed by atoms with E-state index in [0.29, 0.717) is 31.0 Å². The molecule has 8 heteroatoms. The van der Waals surface area contributed by atoms with Crippen LogP contribution in [0.15, 0.2) is 48.5 Å². The first kappa shape index (κ1) is 21.2. The normalized spacial score (nSPS) is 15.6. The fourth-order valence-corrected chi connectivity index (χ4v) is 3.20. The van der Waals surface area contributed by atoms with Crippen LogP contribution in [0.2, 0.25) is 0 Å². The number of nitrogens with one attached hydrogen (secondary N) is 2. The predicted octanol–water partition coefficient (Wildman–Crippen LogP) is 3.19. The third-order valence-electron chi connectivity index (χ3n) is 4.57. The van der Waals surface area contributed by atoms with Crippen molar-refractivity contribution in [3.8, 4) is 5.75 Å². The van der Waals surface area contributed by atoms with Crippen LogP contribution in [0, 0.1) is 0 Å². The van der Waals surface area contributed by atoms with Gasteiger partial charge in [-0.15, -0.1) is 0 Å². The van der Waals surface area contributed by atoms with E-state index in [4.69, 9.17) is 9.47 Å². The summed E-state index contributed by atoms with van der Waals surface area (Å²) in [4.78, 5) is 38.0. The van der Waals surface area contributed by atoms with Crippen LogP contribution >= 0.6 is 0 Å². The minimum absolute atomic E-state index is 0.0525. The van der Waals surface area contributed by atoms with Gasteiger partial charge in [-0.25, -0.2) is 9.59 Å². The molecule has 8 nitrogen and oxygen atoms in total. The number of carbonyl (C=O) groups excluding carboxylic acids is 3. The number of carbonyl (C=O) groups is 3. The molecular weight excluding hydrogens is 386 g/mol. The van der Waals surface area contributed by atoms with E-state index in [9.17, 15) is 14.4 Å². The minimum atomic E-state index is -0.412. The quantitative estimate of drug-likeness (QED) is 0.682. The van der Waals surface area contributed by atoms with Gasteiger partial charge < -0.3 is 25.0 Å². The Balaban J connectivity index is 1.53. The second kappa shape index (κ2) is 9.78. The fraction of sp³-hybridized carbons (Fsp3) is 0.318. The summed E-state index contributed by atoms with van der Waals surface area (Å²) < 4.78 is 10.3. The second-order valence-electron chi connectivity index (χ2n) is 6.73. The van der Waals surface area contributed by atoms with Gasteiger partial charge in [-0.3, -0.25) is 4.79 Å². The molecule has 1 saturated heterocycles. The molecule has 3 amide bonds. The molecule has 1 aliphatic rings. The number of benzene rings is 2. The highest BCUT2D eigenvalue weighted by atomic mass is 16.5. The summed E-state index contributed by atoms with van der Waals surface area (Å²) in [6.45, 7) is 4.92. The standard InChI is InChI=1S/C22H25N3O5/c1-3-29-19-11-9-18(10-12-19)25-14-17(13-20(25)26)24-22(28)23-16-7-5-15(6-8-16)21(27)30-4-2/h5-12,17H,3-4,13-14H2,1-2H3,(H2,23,24,28). The third kappa shape index (κ3) is 5.28. The van der Waals surface area contributed by atoms with Gasteiger partial charge in [0.05, 0.1) is 24.8 Å². The molecule has 1 aliphatic heterocycles. The lowest BCUT2D eigenvalue weighted by molar-refractivity contribution is -0.117. The fourth-order valence-electron chi connectivity index (χ4n) is 3.20. The van der Waals surface area contributed by atoms with E-state index in [2.05, 4.69) is 10.6 Å². The monoisotopic (exact) mass is 411 g/mol. The van der Waals surface area contributed by atoms with Crippen molar-refractivity contribution in [1.82, 2.24) is 5.32 Å². The summed E-state index contributed by atoms with van der Waals surface area (Å²) in [5.74, 6) is 0.284. The van der Waals surface area contributed by atoms with Crippen LogP contribution in [0.5, 0.6) is 5.75 Å². The summed E-state index contributed by atoms with van der Waals surface area (Å²) in [7, 11) is 0. The highest BCUT2D eigenvalue weighted by Crippen LogP contribution is 2.24. The molecule has 0 aromatic heterocycles. The van der Waals surface area contributed by atoms with Crippen molar-refractivity contribution >= 4 is 29.3 Å². The van der Waals surface area contributed by atoms with Crippen molar-refractivity contribution in [3.05, 3.63) is 54.1 Å². The van der Waals surface area contributed by atoms with E-state index in [0.717, 1.165) is 11.4 Å². The molecule has 3 rings (SSSR count). The molecule has 158 valence electrons. The molecule has 1 atom stereocenters. The number of hydrogen-bond acceptors (Lipinski definition) is 5. The number of urea groups is 1. The van der Waals surface area contributed by atoms with Crippen LogP contribution in [-0.2, 0) is 9.53 Å². The first-order valence-corrected chi connectivity index (χ1v) is 9.88. The van der Waals surface area contributed by atoms with Crippen LogP contribution < -0.4 is 20.3 Å². The smallest absolute Gasteiger partial charge is 0.338 e. The maximum Gasteiger partial charge on any atom is 0.338 e. The van der Waals surface area contributed by atoms with E-state index >= 15 is 0 Å². The molecule has 0 radical (unpaired) electrons. The van der Waals surface area contributed by atoms with Crippen molar-refractivity contribution in [2.45, 2.75) is 26.3 Å². The number of nitrogens with zero attached hydrogens (tertiary/aromatic N) is 1. The Morgan fingerprint density at radius 3 is 2.37 bits per heavy atom. The van der Waals surface area contributed by atoms with Crippen LogP contribution in [0.25, 0.3) is 0 Å². The van der Waals surface area contributed by atoms with E-state index in [1.807, 2.05) is 31.2 Å². The SMILES string of the molecule is CCOC(=O)c1ccc(NC(=O)NC2CC(=O)N(c3ccc(OCC)cc3)C2)cc1. The number of rotatable bonds is 7. The molecule has 1 unspecified atom stereocenters. The van der Waals surface area contributed by atoms with Crippen molar-refractivity contribution < 1.29 is 23.9 Å². The van der Waals surface area contributed by atoms with Crippen LogP contribution in [0.3, 0.4) is 0 Å². The molecule has 2 aromatic carbocycles. The van der Waals surface area contributed by atoms with Crippen LogP contribution in [0.1, 0.15) is 30.6 Å². The van der Waals surface area contributed by atoms with Gasteiger partial charge in [0.25, 0.3) is 0 Å². The predicted molar refractivity (Wildman–Crippen MR) is 113 cm³/mol. The lowest BCUT2D eigenvalue weighted by Crippen LogP contribution is -2.39. The lowest BCUT2D eigenvalue weighted by Gasteiger charge is -2.18. The Morgan fingerprint density at radius 1 is 1.03 bits per heavy atom. The van der Waals surface area contributed by atoms with Gasteiger partial charge >= 0.3 is 12.0 Å². The number of anilines is 2. The average Bonchev–Trinajstić information content (AvgIpc) is 3.09. The molecule has 0 bridgehead atoms. The molecule has 1 heterocycles. The van der Waals surface area contributed by atoms with Gasteiger partial charge in [0, 0.05) is 24.3 Å². The van der Waals surface area contributed by atoms with Gasteiger partial charge in [0.1, 0.15) is 5.75 Å². The summed E-state index contributed by atoms with van der Waals surface area (Å²) >= 11 is 0. The number of ether oxygens (including phenoxy) is 2. The third-order valence-corrected chi connectivity index (χ3v) is 4.57. The van der Waals surface area contributed by atoms with Crippen molar-refractivity contribution in [1.29, 1.82) is 0 Å². The average molecular weight is 411 g/mol. The zero-order valence-electron chi connectivity index (χ0n) is 17.0. The second-order valence-corrected chi connectivity index (χ2v) is 6.73. The van der Waals surface area contributed by atoms with Gasteiger partial charge in [-0.05, 0) is 62.4 Å². The van der Waals surface area contributed by atoms with Gasteiger partial charge in [-0.2, -0.15) is 0 Å². The van der Waals surface area contributed by atoms with Gasteiger partial charge in [0.15, 0.2) is 0 Å². The summed E-state index contributed by atoms with van der Waals surface area (Å²) in [5, 5.41) is 5.53. The zero-order valence-corrected chi connectivity index (χ0v) is 17.0. The minimum Gasteiger partial charge on any atom is -0.494 e. The van der Waals surface area contributed by atoms with Gasteiger partial charge in [0.2, 0.25) is 5.91 Å². The van der Waals surface area contributed by atoms with Crippen molar-refractivity contribution in [3.63, 3.8) is 0 Å². The molecule has 30 heavy (non-hydrogen) atoms. The Kier molecular flexibility index (Phi) is 6.90. The molecule has 1 fully saturated rings. The summed E-state index contributed by atoms with van der Waals surface area (Å²) in [6, 6.07) is 13.0. The Hall–Kier alpha value is -3.55. The Morgan fingerprint density at radius 2 is 1.73 bits per heavy atom. The summed E-state index contributed by atoms with van der Waals surface area (Å²) in [5.41, 5.74) is 1.71. The van der Waals surface area contributed by atoms with E-state index in [-0.39, 0.29) is 18.4 Å². The zero-order chi connectivity index (χ0) is 21.5. The number of esters is 1. The van der Waals surface area contributed by atoms with E-state index in [1.54, 1.807) is 36.1 Å². The molecule has 0 spiro atoms. The topological polar surface area (TPSA) is 97.0 Å².